The topological polar surface area (TPSA) is 76.1 Å². The summed E-state index contributed by atoms with van der Waals surface area (Å²) < 4.78 is 11.4. The smallest absolute Gasteiger partial charge is 0.327 e. The molecule has 27 heavy (non-hydrogen) atoms. The van der Waals surface area contributed by atoms with Crippen molar-refractivity contribution in [1.29, 1.82) is 0 Å². The van der Waals surface area contributed by atoms with Gasteiger partial charge in [0.2, 0.25) is 0 Å². The fraction of sp³-hybridized carbons (Fsp3) is 0.421. The molecule has 1 N–H and O–H groups in total. The first-order chi connectivity index (χ1) is 12.8. The van der Waals surface area contributed by atoms with Crippen LogP contribution in [0.2, 0.25) is 0 Å². The molecule has 1 amide bonds. The molecule has 0 unspecified atom stereocenters. The van der Waals surface area contributed by atoms with E-state index in [1.807, 2.05) is 19.9 Å². The van der Waals surface area contributed by atoms with Crippen LogP contribution in [-0.4, -0.2) is 45.5 Å². The summed E-state index contributed by atoms with van der Waals surface area (Å²) in [5, 5.41) is 9.48. The molecule has 1 aliphatic heterocycles. The van der Waals surface area contributed by atoms with Gasteiger partial charge in [0, 0.05) is 0 Å². The SMILES string of the molecule is CCOc1ccc(/C=C2\SC(=S)N([C@@H](C(=O)O)C(C)C)C2=O)cc1OCC. The maximum absolute atomic E-state index is 12.8. The molecule has 1 heterocycles. The molecule has 0 aliphatic carbocycles. The minimum atomic E-state index is -1.07. The molecule has 8 heteroatoms. The molecule has 0 aromatic heterocycles. The van der Waals surface area contributed by atoms with Crippen LogP contribution in [0.25, 0.3) is 6.08 Å². The number of nitrogens with zero attached hydrogens (tertiary/aromatic N) is 1. The summed E-state index contributed by atoms with van der Waals surface area (Å²) in [5.41, 5.74) is 0.749. The number of carbonyl (C=O) groups is 2. The zero-order valence-electron chi connectivity index (χ0n) is 15.7. The number of carbonyl (C=O) groups excluding carboxylic acids is 1. The van der Waals surface area contributed by atoms with Gasteiger partial charge in [-0.3, -0.25) is 9.69 Å². The van der Waals surface area contributed by atoms with E-state index in [9.17, 15) is 14.7 Å². The van der Waals surface area contributed by atoms with Crippen LogP contribution in [0.5, 0.6) is 11.5 Å². The summed E-state index contributed by atoms with van der Waals surface area (Å²) in [7, 11) is 0. The number of rotatable bonds is 8. The third-order valence-corrected chi connectivity index (χ3v) is 5.18. The van der Waals surface area contributed by atoms with Crippen LogP contribution in [-0.2, 0) is 9.59 Å². The van der Waals surface area contributed by atoms with E-state index in [-0.39, 0.29) is 10.2 Å². The highest BCUT2D eigenvalue weighted by atomic mass is 32.2. The molecule has 1 aliphatic rings. The van der Waals surface area contributed by atoms with Crippen molar-refractivity contribution in [2.24, 2.45) is 5.92 Å². The van der Waals surface area contributed by atoms with Gasteiger partial charge in [0.15, 0.2) is 11.5 Å². The Morgan fingerprint density at radius 2 is 1.89 bits per heavy atom. The lowest BCUT2D eigenvalue weighted by atomic mass is 10.0. The molecule has 2 rings (SSSR count). The standard InChI is InChI=1S/C19H23NO5S2/c1-5-24-13-8-7-12(9-14(13)25-6-2)10-15-17(21)20(19(26)27-15)16(11(3)4)18(22)23/h7-11,16H,5-6H2,1-4H3,(H,22,23)/b15-10-/t16-/m1/s1. The van der Waals surface area contributed by atoms with Crippen molar-refractivity contribution in [3.05, 3.63) is 28.7 Å². The Labute approximate surface area is 168 Å². The number of amides is 1. The number of aliphatic carboxylic acids is 1. The maximum Gasteiger partial charge on any atom is 0.327 e. The second-order valence-electron chi connectivity index (χ2n) is 6.15. The monoisotopic (exact) mass is 409 g/mol. The first-order valence-electron chi connectivity index (χ1n) is 8.69. The molecule has 0 bridgehead atoms. The van der Waals surface area contributed by atoms with E-state index in [1.165, 1.54) is 4.90 Å². The first-order valence-corrected chi connectivity index (χ1v) is 9.92. The summed E-state index contributed by atoms with van der Waals surface area (Å²) in [4.78, 5) is 25.9. The quantitative estimate of drug-likeness (QED) is 0.517. The Morgan fingerprint density at radius 3 is 2.44 bits per heavy atom. The molecule has 1 atom stereocenters. The van der Waals surface area contributed by atoms with E-state index < -0.39 is 17.9 Å². The number of hydrogen-bond donors (Lipinski definition) is 1. The zero-order valence-corrected chi connectivity index (χ0v) is 17.4. The van der Waals surface area contributed by atoms with Crippen LogP contribution in [0.4, 0.5) is 0 Å². The van der Waals surface area contributed by atoms with E-state index >= 15 is 0 Å². The summed E-state index contributed by atoms with van der Waals surface area (Å²) in [6.45, 7) is 8.28. The molecule has 0 radical (unpaired) electrons. The summed E-state index contributed by atoms with van der Waals surface area (Å²) in [5.74, 6) is -0.497. The van der Waals surface area contributed by atoms with E-state index in [0.29, 0.717) is 29.6 Å². The summed E-state index contributed by atoms with van der Waals surface area (Å²) in [6.07, 6.45) is 1.69. The average molecular weight is 410 g/mol. The fourth-order valence-corrected chi connectivity index (χ4v) is 4.05. The van der Waals surface area contributed by atoms with Gasteiger partial charge in [0.25, 0.3) is 5.91 Å². The lowest BCUT2D eigenvalue weighted by Crippen LogP contribution is -2.47. The zero-order chi connectivity index (χ0) is 20.1. The Bertz CT molecular complexity index is 775. The minimum Gasteiger partial charge on any atom is -0.490 e. The van der Waals surface area contributed by atoms with Crippen LogP contribution < -0.4 is 9.47 Å². The van der Waals surface area contributed by atoms with Gasteiger partial charge in [-0.15, -0.1) is 0 Å². The van der Waals surface area contributed by atoms with Crippen molar-refractivity contribution in [2.45, 2.75) is 33.7 Å². The Kier molecular flexibility index (Phi) is 7.26. The Hall–Kier alpha value is -2.06. The van der Waals surface area contributed by atoms with Gasteiger partial charge in [-0.25, -0.2) is 4.79 Å². The third-order valence-electron chi connectivity index (χ3n) is 3.85. The van der Waals surface area contributed by atoms with Crippen LogP contribution in [0.15, 0.2) is 23.1 Å². The molecular weight excluding hydrogens is 386 g/mol. The van der Waals surface area contributed by atoms with Gasteiger partial charge in [-0.2, -0.15) is 0 Å². The van der Waals surface area contributed by atoms with Crippen molar-refractivity contribution in [3.63, 3.8) is 0 Å². The number of carboxylic acids is 1. The highest BCUT2D eigenvalue weighted by molar-refractivity contribution is 8.26. The van der Waals surface area contributed by atoms with Gasteiger partial charge in [-0.1, -0.05) is 43.9 Å². The number of ether oxygens (including phenoxy) is 2. The molecule has 6 nitrogen and oxygen atoms in total. The molecule has 1 fully saturated rings. The lowest BCUT2D eigenvalue weighted by Gasteiger charge is -2.26. The highest BCUT2D eigenvalue weighted by Crippen LogP contribution is 2.37. The molecule has 0 spiro atoms. The number of thioether (sulfide) groups is 1. The number of carboxylic acid groups (broad SMARTS) is 1. The minimum absolute atomic E-state index is 0.253. The predicted octanol–water partition coefficient (Wildman–Crippen LogP) is 3.79. The largest absolute Gasteiger partial charge is 0.490 e. The van der Waals surface area contributed by atoms with Crippen LogP contribution in [0, 0.1) is 5.92 Å². The van der Waals surface area contributed by atoms with Crippen molar-refractivity contribution in [2.75, 3.05) is 13.2 Å². The molecule has 1 aromatic rings. The Balaban J connectivity index is 2.34. The van der Waals surface area contributed by atoms with Crippen LogP contribution >= 0.6 is 24.0 Å². The summed E-state index contributed by atoms with van der Waals surface area (Å²) >= 11 is 6.37. The second-order valence-corrected chi connectivity index (χ2v) is 7.83. The number of benzene rings is 1. The highest BCUT2D eigenvalue weighted by Gasteiger charge is 2.41. The molecule has 0 saturated carbocycles. The van der Waals surface area contributed by atoms with Crippen molar-refractivity contribution >= 4 is 46.3 Å². The number of hydrogen-bond acceptors (Lipinski definition) is 6. The van der Waals surface area contributed by atoms with E-state index in [4.69, 9.17) is 21.7 Å². The first kappa shape index (κ1) is 21.2. The summed E-state index contributed by atoms with van der Waals surface area (Å²) in [6, 6.07) is 4.41. The predicted molar refractivity (Wildman–Crippen MR) is 110 cm³/mol. The van der Waals surface area contributed by atoms with Gasteiger partial charge in [0.05, 0.1) is 18.1 Å². The van der Waals surface area contributed by atoms with E-state index in [1.54, 1.807) is 32.1 Å². The average Bonchev–Trinajstić information content (AvgIpc) is 2.85. The van der Waals surface area contributed by atoms with Crippen LogP contribution in [0.1, 0.15) is 33.3 Å². The van der Waals surface area contributed by atoms with Crippen molar-refractivity contribution < 1.29 is 24.2 Å². The second kappa shape index (κ2) is 9.23. The van der Waals surface area contributed by atoms with Gasteiger partial charge >= 0.3 is 5.97 Å². The molecule has 1 aromatic carbocycles. The van der Waals surface area contributed by atoms with Crippen molar-refractivity contribution in [1.82, 2.24) is 4.90 Å². The van der Waals surface area contributed by atoms with E-state index in [0.717, 1.165) is 17.3 Å². The van der Waals surface area contributed by atoms with Gasteiger partial charge in [-0.05, 0) is 43.5 Å². The molecular formula is C19H23NO5S2. The lowest BCUT2D eigenvalue weighted by molar-refractivity contribution is -0.146. The van der Waals surface area contributed by atoms with Crippen LogP contribution in [0.3, 0.4) is 0 Å². The van der Waals surface area contributed by atoms with Gasteiger partial charge < -0.3 is 14.6 Å². The maximum atomic E-state index is 12.8. The normalized spacial score (nSPS) is 16.9. The Morgan fingerprint density at radius 1 is 1.26 bits per heavy atom. The number of thiocarbonyl (C=S) groups is 1. The van der Waals surface area contributed by atoms with E-state index in [2.05, 4.69) is 0 Å². The van der Waals surface area contributed by atoms with Crippen molar-refractivity contribution in [3.8, 4) is 11.5 Å². The fourth-order valence-electron chi connectivity index (χ4n) is 2.72. The third kappa shape index (κ3) is 4.81. The van der Waals surface area contributed by atoms with Gasteiger partial charge in [0.1, 0.15) is 10.4 Å². The molecule has 1 saturated heterocycles. The molecule has 146 valence electrons.